The highest BCUT2D eigenvalue weighted by atomic mass is 16.5. The van der Waals surface area contributed by atoms with Crippen molar-refractivity contribution in [1.29, 1.82) is 0 Å². The number of ether oxygens (including phenoxy) is 3. The molecule has 108 valence electrons. The van der Waals surface area contributed by atoms with E-state index in [9.17, 15) is 5.11 Å². The second kappa shape index (κ2) is 8.74. The number of nitrogens with one attached hydrogen (secondary N) is 1. The van der Waals surface area contributed by atoms with E-state index < -0.39 is 6.10 Å². The zero-order chi connectivity index (χ0) is 14.1. The second-order valence-corrected chi connectivity index (χ2v) is 4.25. The summed E-state index contributed by atoms with van der Waals surface area (Å²) in [6.45, 7) is 1.75. The maximum atomic E-state index is 9.52. The fraction of sp³-hybridized carbons (Fsp3) is 0.571. The van der Waals surface area contributed by atoms with Gasteiger partial charge in [0.15, 0.2) is 0 Å². The molecule has 0 radical (unpaired) electrons. The van der Waals surface area contributed by atoms with Crippen LogP contribution in [0, 0.1) is 0 Å². The van der Waals surface area contributed by atoms with Crippen molar-refractivity contribution in [3.8, 4) is 11.5 Å². The molecule has 1 aromatic carbocycles. The van der Waals surface area contributed by atoms with Gasteiger partial charge in [-0.2, -0.15) is 0 Å². The maximum absolute atomic E-state index is 9.52. The van der Waals surface area contributed by atoms with Crippen molar-refractivity contribution in [3.05, 3.63) is 23.8 Å². The Kier molecular flexibility index (Phi) is 7.25. The standard InChI is InChI=1S/C14H23NO4/c1-17-10-12(16)6-7-15-9-11-8-13(18-2)4-5-14(11)19-3/h4-5,8,12,15-16H,6-7,9-10H2,1-3H3. The number of aliphatic hydroxyl groups excluding tert-OH is 1. The molecule has 1 atom stereocenters. The zero-order valence-corrected chi connectivity index (χ0v) is 11.8. The quantitative estimate of drug-likeness (QED) is 0.659. The predicted molar refractivity (Wildman–Crippen MR) is 73.8 cm³/mol. The van der Waals surface area contributed by atoms with Crippen LogP contribution in [0.5, 0.6) is 11.5 Å². The average Bonchev–Trinajstić information content (AvgIpc) is 2.43. The molecule has 0 aliphatic rings. The number of hydrogen-bond donors (Lipinski definition) is 2. The van der Waals surface area contributed by atoms with Crippen LogP contribution >= 0.6 is 0 Å². The second-order valence-electron chi connectivity index (χ2n) is 4.25. The minimum absolute atomic E-state index is 0.365. The summed E-state index contributed by atoms with van der Waals surface area (Å²) >= 11 is 0. The topological polar surface area (TPSA) is 60.0 Å². The Morgan fingerprint density at radius 1 is 1.21 bits per heavy atom. The number of rotatable bonds is 9. The maximum Gasteiger partial charge on any atom is 0.123 e. The number of hydrogen-bond acceptors (Lipinski definition) is 5. The van der Waals surface area contributed by atoms with E-state index in [2.05, 4.69) is 5.32 Å². The molecule has 0 aliphatic heterocycles. The highest BCUT2D eigenvalue weighted by Crippen LogP contribution is 2.23. The van der Waals surface area contributed by atoms with Gasteiger partial charge in [-0.3, -0.25) is 0 Å². The fourth-order valence-corrected chi connectivity index (χ4v) is 1.79. The summed E-state index contributed by atoms with van der Waals surface area (Å²) in [4.78, 5) is 0. The van der Waals surface area contributed by atoms with Gasteiger partial charge >= 0.3 is 0 Å². The van der Waals surface area contributed by atoms with Crippen LogP contribution < -0.4 is 14.8 Å². The van der Waals surface area contributed by atoms with E-state index in [0.29, 0.717) is 26.1 Å². The van der Waals surface area contributed by atoms with Gasteiger partial charge in [0.25, 0.3) is 0 Å². The minimum Gasteiger partial charge on any atom is -0.497 e. The summed E-state index contributed by atoms with van der Waals surface area (Å²) in [5.74, 6) is 1.63. The Morgan fingerprint density at radius 3 is 2.63 bits per heavy atom. The third-order valence-corrected chi connectivity index (χ3v) is 2.82. The van der Waals surface area contributed by atoms with Crippen molar-refractivity contribution in [2.24, 2.45) is 0 Å². The lowest BCUT2D eigenvalue weighted by Crippen LogP contribution is -2.23. The van der Waals surface area contributed by atoms with E-state index in [-0.39, 0.29) is 0 Å². The van der Waals surface area contributed by atoms with Crippen LogP contribution in [-0.4, -0.2) is 45.7 Å². The van der Waals surface area contributed by atoms with Crippen LogP contribution in [0.3, 0.4) is 0 Å². The molecule has 0 bridgehead atoms. The Labute approximate surface area is 114 Å². The molecule has 0 amide bonds. The molecule has 0 aliphatic carbocycles. The third kappa shape index (κ3) is 5.46. The van der Waals surface area contributed by atoms with Gasteiger partial charge in [-0.15, -0.1) is 0 Å². The molecule has 0 saturated heterocycles. The third-order valence-electron chi connectivity index (χ3n) is 2.82. The average molecular weight is 269 g/mol. The lowest BCUT2D eigenvalue weighted by Gasteiger charge is -2.13. The van der Waals surface area contributed by atoms with Crippen molar-refractivity contribution < 1.29 is 19.3 Å². The van der Waals surface area contributed by atoms with E-state index in [0.717, 1.165) is 17.1 Å². The minimum atomic E-state index is -0.426. The summed E-state index contributed by atoms with van der Waals surface area (Å²) in [6, 6.07) is 5.69. The van der Waals surface area contributed by atoms with Crippen LogP contribution in [0.25, 0.3) is 0 Å². The fourth-order valence-electron chi connectivity index (χ4n) is 1.79. The summed E-state index contributed by atoms with van der Waals surface area (Å²) in [5.41, 5.74) is 1.03. The van der Waals surface area contributed by atoms with Gasteiger partial charge in [0.2, 0.25) is 0 Å². The molecule has 5 nitrogen and oxygen atoms in total. The number of aliphatic hydroxyl groups is 1. The molecular formula is C14H23NO4. The highest BCUT2D eigenvalue weighted by molar-refractivity contribution is 5.40. The lowest BCUT2D eigenvalue weighted by atomic mass is 10.2. The van der Waals surface area contributed by atoms with Crippen LogP contribution in [-0.2, 0) is 11.3 Å². The summed E-state index contributed by atoms with van der Waals surface area (Å²) in [6.07, 6.45) is 0.227. The molecule has 0 spiro atoms. The Morgan fingerprint density at radius 2 is 2.00 bits per heavy atom. The predicted octanol–water partition coefficient (Wildman–Crippen LogP) is 1.19. The Hall–Kier alpha value is -1.30. The number of methoxy groups -OCH3 is 3. The van der Waals surface area contributed by atoms with E-state index in [1.54, 1.807) is 21.3 Å². The van der Waals surface area contributed by atoms with E-state index in [1.165, 1.54) is 0 Å². The van der Waals surface area contributed by atoms with E-state index in [4.69, 9.17) is 14.2 Å². The highest BCUT2D eigenvalue weighted by Gasteiger charge is 2.06. The van der Waals surface area contributed by atoms with Gasteiger partial charge in [-0.1, -0.05) is 0 Å². The summed E-state index contributed by atoms with van der Waals surface area (Å²) < 4.78 is 15.4. The molecule has 0 saturated carbocycles. The first kappa shape index (κ1) is 15.8. The zero-order valence-electron chi connectivity index (χ0n) is 11.8. The van der Waals surface area contributed by atoms with E-state index in [1.807, 2.05) is 18.2 Å². The van der Waals surface area contributed by atoms with Gasteiger partial charge in [-0.25, -0.2) is 0 Å². The molecule has 0 fully saturated rings. The lowest BCUT2D eigenvalue weighted by molar-refractivity contribution is 0.0594. The van der Waals surface area contributed by atoms with E-state index >= 15 is 0 Å². The van der Waals surface area contributed by atoms with Gasteiger partial charge < -0.3 is 24.6 Å². The van der Waals surface area contributed by atoms with Crippen molar-refractivity contribution in [2.75, 3.05) is 34.5 Å². The molecule has 2 N–H and O–H groups in total. The van der Waals surface area contributed by atoms with Crippen LogP contribution in [0.2, 0.25) is 0 Å². The Bertz CT molecular complexity index is 370. The molecule has 1 rings (SSSR count). The van der Waals surface area contributed by atoms with Crippen molar-refractivity contribution in [1.82, 2.24) is 5.32 Å². The number of benzene rings is 1. The molecular weight excluding hydrogens is 246 g/mol. The van der Waals surface area contributed by atoms with Crippen molar-refractivity contribution >= 4 is 0 Å². The smallest absolute Gasteiger partial charge is 0.123 e. The molecule has 0 heterocycles. The first-order chi connectivity index (χ1) is 9.21. The first-order valence-electron chi connectivity index (χ1n) is 6.30. The van der Waals surface area contributed by atoms with Gasteiger partial charge in [0, 0.05) is 19.2 Å². The molecule has 1 unspecified atom stereocenters. The van der Waals surface area contributed by atoms with Crippen molar-refractivity contribution in [3.63, 3.8) is 0 Å². The van der Waals surface area contributed by atoms with Gasteiger partial charge in [-0.05, 0) is 31.2 Å². The summed E-state index contributed by atoms with van der Waals surface area (Å²) in [5, 5.41) is 12.8. The molecule has 5 heteroatoms. The largest absolute Gasteiger partial charge is 0.497 e. The van der Waals surface area contributed by atoms with Crippen LogP contribution in [0.4, 0.5) is 0 Å². The monoisotopic (exact) mass is 269 g/mol. The van der Waals surface area contributed by atoms with Gasteiger partial charge in [0.05, 0.1) is 26.9 Å². The molecule has 0 aromatic heterocycles. The van der Waals surface area contributed by atoms with Crippen LogP contribution in [0.1, 0.15) is 12.0 Å². The Balaban J connectivity index is 2.43. The summed E-state index contributed by atoms with van der Waals surface area (Å²) in [7, 11) is 4.87. The molecule has 19 heavy (non-hydrogen) atoms. The van der Waals surface area contributed by atoms with Crippen molar-refractivity contribution in [2.45, 2.75) is 19.1 Å². The molecule has 1 aromatic rings. The van der Waals surface area contributed by atoms with Crippen LogP contribution in [0.15, 0.2) is 18.2 Å². The first-order valence-corrected chi connectivity index (χ1v) is 6.30. The normalized spacial score (nSPS) is 12.2. The van der Waals surface area contributed by atoms with Gasteiger partial charge in [0.1, 0.15) is 11.5 Å². The SMILES string of the molecule is COCC(O)CCNCc1cc(OC)ccc1OC.